The average Bonchev–Trinajstić information content (AvgIpc) is 3.54. The highest BCUT2D eigenvalue weighted by Crippen LogP contribution is 2.27. The molecular formula is C23H25NO5S. The Labute approximate surface area is 180 Å². The van der Waals surface area contributed by atoms with Gasteiger partial charge < -0.3 is 23.5 Å². The molecule has 3 aromatic rings. The van der Waals surface area contributed by atoms with Crippen molar-refractivity contribution in [2.24, 2.45) is 0 Å². The number of benzene rings is 1. The number of hydrogen-bond donors (Lipinski definition) is 0. The van der Waals surface area contributed by atoms with Crippen LogP contribution in [0, 0.1) is 0 Å². The van der Waals surface area contributed by atoms with Gasteiger partial charge in [-0.2, -0.15) is 0 Å². The molecule has 0 saturated carbocycles. The molecule has 3 heterocycles. The van der Waals surface area contributed by atoms with Crippen LogP contribution in [-0.2, 0) is 17.9 Å². The molecule has 0 aliphatic carbocycles. The molecule has 0 radical (unpaired) electrons. The lowest BCUT2D eigenvalue weighted by molar-refractivity contribution is 0.0483. The Morgan fingerprint density at radius 1 is 1.17 bits per heavy atom. The average molecular weight is 428 g/mol. The molecule has 30 heavy (non-hydrogen) atoms. The Kier molecular flexibility index (Phi) is 6.71. The van der Waals surface area contributed by atoms with Crippen LogP contribution < -0.4 is 9.47 Å². The third-order valence-corrected chi connectivity index (χ3v) is 5.83. The van der Waals surface area contributed by atoms with Crippen LogP contribution in [0.3, 0.4) is 0 Å². The van der Waals surface area contributed by atoms with Gasteiger partial charge in [0.1, 0.15) is 12.4 Å². The van der Waals surface area contributed by atoms with Crippen molar-refractivity contribution in [3.8, 4) is 11.5 Å². The molecule has 0 N–H and O–H groups in total. The van der Waals surface area contributed by atoms with Crippen molar-refractivity contribution in [3.63, 3.8) is 0 Å². The zero-order valence-corrected chi connectivity index (χ0v) is 17.7. The first-order chi connectivity index (χ1) is 14.7. The molecule has 7 heteroatoms. The van der Waals surface area contributed by atoms with Gasteiger partial charge in [-0.3, -0.25) is 4.79 Å². The molecule has 1 aromatic carbocycles. The number of furan rings is 1. The quantitative estimate of drug-likeness (QED) is 0.493. The summed E-state index contributed by atoms with van der Waals surface area (Å²) in [7, 11) is 1.60. The molecular weight excluding hydrogens is 402 g/mol. The van der Waals surface area contributed by atoms with Gasteiger partial charge in [0.25, 0.3) is 5.91 Å². The molecule has 2 aromatic heterocycles. The van der Waals surface area contributed by atoms with Gasteiger partial charge in [-0.15, -0.1) is 11.3 Å². The Morgan fingerprint density at radius 3 is 2.77 bits per heavy atom. The van der Waals surface area contributed by atoms with Crippen LogP contribution in [0.5, 0.6) is 11.5 Å². The number of carbonyl (C=O) groups excluding carboxylic acids is 1. The Hall–Kier alpha value is -2.77. The first-order valence-corrected chi connectivity index (χ1v) is 10.9. The molecule has 158 valence electrons. The van der Waals surface area contributed by atoms with Crippen LogP contribution >= 0.6 is 11.3 Å². The predicted molar refractivity (Wildman–Crippen MR) is 114 cm³/mol. The number of amides is 1. The van der Waals surface area contributed by atoms with E-state index in [1.165, 1.54) is 0 Å². The van der Waals surface area contributed by atoms with Crippen LogP contribution in [0.1, 0.15) is 34.0 Å². The van der Waals surface area contributed by atoms with E-state index >= 15 is 0 Å². The number of thiophene rings is 1. The topological polar surface area (TPSA) is 61.1 Å². The van der Waals surface area contributed by atoms with Crippen LogP contribution in [0.25, 0.3) is 0 Å². The van der Waals surface area contributed by atoms with Crippen molar-refractivity contribution >= 4 is 17.2 Å². The van der Waals surface area contributed by atoms with E-state index in [2.05, 4.69) is 0 Å². The number of rotatable bonds is 9. The summed E-state index contributed by atoms with van der Waals surface area (Å²) in [5.74, 6) is 2.03. The highest BCUT2D eigenvalue weighted by atomic mass is 32.1. The molecule has 1 aliphatic heterocycles. The van der Waals surface area contributed by atoms with Gasteiger partial charge in [0.15, 0.2) is 17.3 Å². The Balaban J connectivity index is 1.43. The lowest BCUT2D eigenvalue weighted by Crippen LogP contribution is -2.36. The molecule has 6 nitrogen and oxygen atoms in total. The third kappa shape index (κ3) is 5.04. The molecule has 1 unspecified atom stereocenters. The second-order valence-corrected chi connectivity index (χ2v) is 8.14. The summed E-state index contributed by atoms with van der Waals surface area (Å²) in [4.78, 5) is 16.1. The molecule has 4 rings (SSSR count). The smallest absolute Gasteiger partial charge is 0.289 e. The van der Waals surface area contributed by atoms with E-state index < -0.39 is 0 Å². The van der Waals surface area contributed by atoms with Crippen LogP contribution in [0.2, 0.25) is 0 Å². The Bertz CT molecular complexity index is 946. The van der Waals surface area contributed by atoms with E-state index in [-0.39, 0.29) is 18.6 Å². The van der Waals surface area contributed by atoms with Crippen LogP contribution in [0.15, 0.2) is 58.3 Å². The zero-order chi connectivity index (χ0) is 20.8. The van der Waals surface area contributed by atoms with Gasteiger partial charge in [-0.1, -0.05) is 18.2 Å². The fourth-order valence-electron chi connectivity index (χ4n) is 3.46. The van der Waals surface area contributed by atoms with Crippen molar-refractivity contribution in [1.82, 2.24) is 4.90 Å². The molecule has 0 bridgehead atoms. The van der Waals surface area contributed by atoms with Crippen molar-refractivity contribution in [2.45, 2.75) is 32.1 Å². The minimum atomic E-state index is -0.137. The van der Waals surface area contributed by atoms with Gasteiger partial charge in [-0.05, 0) is 48.6 Å². The predicted octanol–water partition coefficient (Wildman–Crippen LogP) is 4.75. The number of para-hydroxylation sites is 2. The van der Waals surface area contributed by atoms with E-state index in [9.17, 15) is 4.79 Å². The summed E-state index contributed by atoms with van der Waals surface area (Å²) >= 11 is 1.64. The summed E-state index contributed by atoms with van der Waals surface area (Å²) in [6.07, 6.45) is 2.10. The number of ether oxygens (including phenoxy) is 3. The largest absolute Gasteiger partial charge is 0.493 e. The monoisotopic (exact) mass is 427 g/mol. The normalized spacial score (nSPS) is 15.8. The van der Waals surface area contributed by atoms with Crippen molar-refractivity contribution in [1.29, 1.82) is 0 Å². The maximum Gasteiger partial charge on any atom is 0.289 e. The van der Waals surface area contributed by atoms with Crippen molar-refractivity contribution < 1.29 is 23.4 Å². The van der Waals surface area contributed by atoms with Gasteiger partial charge in [0.05, 0.1) is 19.8 Å². The molecule has 1 saturated heterocycles. The molecule has 1 atom stereocenters. The maximum atomic E-state index is 13.2. The lowest BCUT2D eigenvalue weighted by Gasteiger charge is -2.24. The molecule has 1 aliphatic rings. The van der Waals surface area contributed by atoms with Gasteiger partial charge in [0.2, 0.25) is 0 Å². The maximum absolute atomic E-state index is 13.2. The summed E-state index contributed by atoms with van der Waals surface area (Å²) in [6, 6.07) is 14.9. The van der Waals surface area contributed by atoms with Gasteiger partial charge >= 0.3 is 0 Å². The van der Waals surface area contributed by atoms with E-state index in [0.29, 0.717) is 36.1 Å². The van der Waals surface area contributed by atoms with Crippen molar-refractivity contribution in [3.05, 3.63) is 70.3 Å². The fraction of sp³-hybridized carbons (Fsp3) is 0.348. The summed E-state index contributed by atoms with van der Waals surface area (Å²) in [5, 5.41) is 2.02. The van der Waals surface area contributed by atoms with E-state index in [4.69, 9.17) is 18.6 Å². The second kappa shape index (κ2) is 9.82. The summed E-state index contributed by atoms with van der Waals surface area (Å²) in [5.41, 5.74) is 0. The molecule has 1 fully saturated rings. The second-order valence-electron chi connectivity index (χ2n) is 7.11. The number of nitrogens with zero attached hydrogens (tertiary/aromatic N) is 1. The molecule has 1 amide bonds. The number of carbonyl (C=O) groups is 1. The number of methoxy groups -OCH3 is 1. The van der Waals surface area contributed by atoms with E-state index in [1.54, 1.807) is 30.6 Å². The highest BCUT2D eigenvalue weighted by molar-refractivity contribution is 7.09. The SMILES string of the molecule is COc1ccccc1OCc1ccc(C(=O)N(Cc2cccs2)CC2CCCO2)o1. The first-order valence-electron chi connectivity index (χ1n) is 10.0. The van der Waals surface area contributed by atoms with Gasteiger partial charge in [0, 0.05) is 18.0 Å². The molecule has 0 spiro atoms. The number of hydrogen-bond acceptors (Lipinski definition) is 6. The van der Waals surface area contributed by atoms with Crippen molar-refractivity contribution in [2.75, 3.05) is 20.3 Å². The third-order valence-electron chi connectivity index (χ3n) is 4.97. The lowest BCUT2D eigenvalue weighted by atomic mass is 10.2. The fourth-order valence-corrected chi connectivity index (χ4v) is 4.18. The van der Waals surface area contributed by atoms with E-state index in [1.807, 2.05) is 46.7 Å². The standard InChI is InChI=1S/C23H25NO5S/c1-26-20-8-2-3-9-21(20)28-16-18-10-11-22(29-18)23(25)24(14-17-6-4-12-27-17)15-19-7-5-13-30-19/h2-3,5,7-11,13,17H,4,6,12,14-16H2,1H3. The van der Waals surface area contributed by atoms with E-state index in [0.717, 1.165) is 24.3 Å². The minimum absolute atomic E-state index is 0.0808. The Morgan fingerprint density at radius 2 is 2.03 bits per heavy atom. The summed E-state index contributed by atoms with van der Waals surface area (Å²) < 4.78 is 22.7. The highest BCUT2D eigenvalue weighted by Gasteiger charge is 2.26. The zero-order valence-electron chi connectivity index (χ0n) is 16.9. The van der Waals surface area contributed by atoms with Crippen LogP contribution in [-0.4, -0.2) is 37.2 Å². The van der Waals surface area contributed by atoms with Crippen LogP contribution in [0.4, 0.5) is 0 Å². The summed E-state index contributed by atoms with van der Waals surface area (Å²) in [6.45, 7) is 2.08. The first kappa shape index (κ1) is 20.5. The van der Waals surface area contributed by atoms with Gasteiger partial charge in [-0.25, -0.2) is 0 Å². The minimum Gasteiger partial charge on any atom is -0.493 e.